The zero-order chi connectivity index (χ0) is 23.4. The van der Waals surface area contributed by atoms with E-state index in [-0.39, 0.29) is 11.0 Å². The minimum atomic E-state index is -0.361. The van der Waals surface area contributed by atoms with E-state index < -0.39 is 0 Å². The van der Waals surface area contributed by atoms with Crippen molar-refractivity contribution in [3.8, 4) is 17.2 Å². The van der Waals surface area contributed by atoms with Gasteiger partial charge in [-0.2, -0.15) is 4.98 Å². The summed E-state index contributed by atoms with van der Waals surface area (Å²) in [6.07, 6.45) is 1.65. The number of fused-ring (bicyclic) bond motifs is 1. The Morgan fingerprint density at radius 1 is 1.18 bits per heavy atom. The summed E-state index contributed by atoms with van der Waals surface area (Å²) in [5.74, 6) is 1.04. The Bertz CT molecular complexity index is 1290. The number of halogens is 1. The topological polar surface area (TPSA) is 89.3 Å². The summed E-state index contributed by atoms with van der Waals surface area (Å²) >= 11 is 11.6. The molecule has 0 atom stereocenters. The van der Waals surface area contributed by atoms with Gasteiger partial charge < -0.3 is 14.5 Å². The molecule has 0 aliphatic carbocycles. The number of rotatable bonds is 6. The molecular weight excluding hydrogens is 460 g/mol. The van der Waals surface area contributed by atoms with E-state index >= 15 is 0 Å². The number of aromatic nitrogens is 2. The molecule has 7 nitrogen and oxygen atoms in total. The van der Waals surface area contributed by atoms with Crippen LogP contribution in [0.15, 0.2) is 65.2 Å². The lowest BCUT2D eigenvalue weighted by Gasteiger charge is -2.13. The fraction of sp³-hybridized carbons (Fsp3) is 0.167. The standard InChI is InChI=1S/C24H21ClN4O3S/c1-14(2)13-31-17-6-3-5-15(11-17)22(30)29-24(33)27-19-12-16(8-9-18(19)25)23-28-21-20(32-23)7-4-10-26-21/h3-12,14H,13H2,1-2H3,(H2,27,29,30,33). The average molecular weight is 481 g/mol. The van der Waals surface area contributed by atoms with Crippen molar-refractivity contribution in [3.05, 3.63) is 71.4 Å². The first-order valence-corrected chi connectivity index (χ1v) is 11.0. The van der Waals surface area contributed by atoms with Crippen molar-refractivity contribution < 1.29 is 13.9 Å². The highest BCUT2D eigenvalue weighted by atomic mass is 35.5. The predicted octanol–water partition coefficient (Wildman–Crippen LogP) is 5.70. The molecule has 2 aromatic carbocycles. The summed E-state index contributed by atoms with van der Waals surface area (Å²) in [6.45, 7) is 4.68. The van der Waals surface area contributed by atoms with Crippen molar-refractivity contribution in [1.29, 1.82) is 0 Å². The van der Waals surface area contributed by atoms with Gasteiger partial charge in [0.15, 0.2) is 16.3 Å². The van der Waals surface area contributed by atoms with E-state index in [4.69, 9.17) is 33.0 Å². The van der Waals surface area contributed by atoms with E-state index in [0.717, 1.165) is 0 Å². The van der Waals surface area contributed by atoms with Crippen molar-refractivity contribution in [2.45, 2.75) is 13.8 Å². The molecule has 33 heavy (non-hydrogen) atoms. The summed E-state index contributed by atoms with van der Waals surface area (Å²) in [5.41, 5.74) is 2.71. The third kappa shape index (κ3) is 5.66. The van der Waals surface area contributed by atoms with Crippen LogP contribution in [0.2, 0.25) is 5.02 Å². The van der Waals surface area contributed by atoms with Crippen molar-refractivity contribution in [3.63, 3.8) is 0 Å². The molecule has 168 valence electrons. The van der Waals surface area contributed by atoms with E-state index in [2.05, 4.69) is 34.4 Å². The van der Waals surface area contributed by atoms with Crippen molar-refractivity contribution in [2.75, 3.05) is 11.9 Å². The maximum Gasteiger partial charge on any atom is 0.257 e. The third-order valence-electron chi connectivity index (χ3n) is 4.53. The van der Waals surface area contributed by atoms with Gasteiger partial charge in [0.2, 0.25) is 5.89 Å². The van der Waals surface area contributed by atoms with E-state index in [9.17, 15) is 4.79 Å². The number of anilines is 1. The number of hydrogen-bond donors (Lipinski definition) is 2. The highest BCUT2D eigenvalue weighted by Crippen LogP contribution is 2.30. The van der Waals surface area contributed by atoms with Crippen LogP contribution in [0.4, 0.5) is 5.69 Å². The van der Waals surface area contributed by atoms with Gasteiger partial charge in [0.05, 0.1) is 17.3 Å². The van der Waals surface area contributed by atoms with E-state index in [0.29, 0.717) is 57.2 Å². The summed E-state index contributed by atoms with van der Waals surface area (Å²) in [4.78, 5) is 21.2. The maximum atomic E-state index is 12.6. The van der Waals surface area contributed by atoms with Gasteiger partial charge in [-0.15, -0.1) is 0 Å². The lowest BCUT2D eigenvalue weighted by molar-refractivity contribution is 0.0977. The zero-order valence-electron chi connectivity index (χ0n) is 18.0. The van der Waals surface area contributed by atoms with Crippen LogP contribution in [-0.4, -0.2) is 27.6 Å². The van der Waals surface area contributed by atoms with Gasteiger partial charge in [-0.25, -0.2) is 4.98 Å². The Hall–Kier alpha value is -3.49. The Morgan fingerprint density at radius 3 is 2.82 bits per heavy atom. The summed E-state index contributed by atoms with van der Waals surface area (Å²) in [7, 11) is 0. The predicted molar refractivity (Wildman–Crippen MR) is 133 cm³/mol. The summed E-state index contributed by atoms with van der Waals surface area (Å²) in [6, 6.07) is 15.7. The number of benzene rings is 2. The van der Waals surface area contributed by atoms with E-state index in [1.807, 2.05) is 6.07 Å². The second-order valence-corrected chi connectivity index (χ2v) is 8.50. The highest BCUT2D eigenvalue weighted by Gasteiger charge is 2.14. The molecule has 0 aliphatic rings. The number of nitrogens with zero attached hydrogens (tertiary/aromatic N) is 2. The fourth-order valence-corrected chi connectivity index (χ4v) is 3.33. The molecule has 0 bridgehead atoms. The SMILES string of the molecule is CC(C)COc1cccc(C(=O)NC(=S)Nc2cc(-c3nc4ncccc4o3)ccc2Cl)c1. The molecule has 0 aliphatic heterocycles. The number of carbonyl (C=O) groups is 1. The van der Waals surface area contributed by atoms with Gasteiger partial charge in [0.25, 0.3) is 5.91 Å². The molecule has 0 fully saturated rings. The minimum absolute atomic E-state index is 0.104. The molecule has 0 unspecified atom stereocenters. The minimum Gasteiger partial charge on any atom is -0.493 e. The number of amides is 1. The Labute approximate surface area is 201 Å². The molecule has 0 saturated carbocycles. The van der Waals surface area contributed by atoms with Crippen molar-refractivity contribution in [1.82, 2.24) is 15.3 Å². The molecule has 2 N–H and O–H groups in total. The number of pyridine rings is 1. The average Bonchev–Trinajstić information content (AvgIpc) is 3.23. The lowest BCUT2D eigenvalue weighted by atomic mass is 10.2. The number of hydrogen-bond acceptors (Lipinski definition) is 6. The van der Waals surface area contributed by atoms with Crippen LogP contribution in [0.5, 0.6) is 5.75 Å². The molecule has 1 amide bonds. The summed E-state index contributed by atoms with van der Waals surface area (Å²) < 4.78 is 11.4. The monoisotopic (exact) mass is 480 g/mol. The Balaban J connectivity index is 1.45. The van der Waals surface area contributed by atoms with Gasteiger partial charge in [0, 0.05) is 17.3 Å². The fourth-order valence-electron chi connectivity index (χ4n) is 2.97. The normalized spacial score (nSPS) is 10.9. The molecule has 9 heteroatoms. The van der Waals surface area contributed by atoms with Crippen LogP contribution in [-0.2, 0) is 0 Å². The molecule has 0 radical (unpaired) electrons. The molecule has 0 saturated heterocycles. The van der Waals surface area contributed by atoms with E-state index in [1.54, 1.807) is 54.7 Å². The van der Waals surface area contributed by atoms with Gasteiger partial charge in [-0.05, 0) is 66.7 Å². The number of ether oxygens (including phenoxy) is 1. The Kier molecular flexibility index (Phi) is 6.86. The van der Waals surface area contributed by atoms with Gasteiger partial charge >= 0.3 is 0 Å². The van der Waals surface area contributed by atoms with Crippen LogP contribution in [0.1, 0.15) is 24.2 Å². The molecule has 4 aromatic rings. The number of oxazole rings is 1. The first kappa shape index (κ1) is 22.7. The second-order valence-electron chi connectivity index (χ2n) is 7.68. The number of carbonyl (C=O) groups excluding carboxylic acids is 1. The summed E-state index contributed by atoms with van der Waals surface area (Å²) in [5, 5.41) is 6.15. The first-order valence-electron chi connectivity index (χ1n) is 10.3. The number of thiocarbonyl (C=S) groups is 1. The smallest absolute Gasteiger partial charge is 0.257 e. The Morgan fingerprint density at radius 2 is 2.03 bits per heavy atom. The van der Waals surface area contributed by atoms with Crippen LogP contribution < -0.4 is 15.4 Å². The van der Waals surface area contributed by atoms with Crippen LogP contribution in [0.3, 0.4) is 0 Å². The molecule has 0 spiro atoms. The second kappa shape index (κ2) is 9.97. The molecule has 2 heterocycles. The third-order valence-corrected chi connectivity index (χ3v) is 5.07. The zero-order valence-corrected chi connectivity index (χ0v) is 19.5. The largest absolute Gasteiger partial charge is 0.493 e. The van der Waals surface area contributed by atoms with Crippen molar-refractivity contribution in [2.24, 2.45) is 5.92 Å². The molecular formula is C24H21ClN4O3S. The lowest BCUT2D eigenvalue weighted by Crippen LogP contribution is -2.34. The van der Waals surface area contributed by atoms with Gasteiger partial charge in [-0.3, -0.25) is 10.1 Å². The molecule has 2 aromatic heterocycles. The molecule has 4 rings (SSSR count). The van der Waals surface area contributed by atoms with Gasteiger partial charge in [0.1, 0.15) is 5.75 Å². The quantitative estimate of drug-likeness (QED) is 0.342. The van der Waals surface area contributed by atoms with Gasteiger partial charge in [-0.1, -0.05) is 31.5 Å². The van der Waals surface area contributed by atoms with Crippen LogP contribution in [0, 0.1) is 5.92 Å². The highest BCUT2D eigenvalue weighted by molar-refractivity contribution is 7.80. The van der Waals surface area contributed by atoms with Crippen molar-refractivity contribution >= 4 is 51.8 Å². The first-order chi connectivity index (χ1) is 15.9. The van der Waals surface area contributed by atoms with Crippen LogP contribution in [0.25, 0.3) is 22.7 Å². The van der Waals surface area contributed by atoms with Crippen LogP contribution >= 0.6 is 23.8 Å². The van der Waals surface area contributed by atoms with E-state index in [1.165, 1.54) is 0 Å². The maximum absolute atomic E-state index is 12.6. The number of nitrogens with one attached hydrogen (secondary N) is 2.